The highest BCUT2D eigenvalue weighted by Gasteiger charge is 2.45. The Hall–Kier alpha value is -0.820. The molecule has 4 nitrogen and oxygen atoms in total. The van der Waals surface area contributed by atoms with Gasteiger partial charge in [0.05, 0.1) is 6.54 Å². The number of carboxylic acid groups (broad SMARTS) is 1. The van der Waals surface area contributed by atoms with E-state index in [1.165, 1.54) is 4.90 Å². The maximum absolute atomic E-state index is 12.6. The number of nitrogens with one attached hydrogen (secondary N) is 1. The van der Waals surface area contributed by atoms with Crippen LogP contribution in [-0.2, 0) is 4.79 Å². The first-order chi connectivity index (χ1) is 9.24. The van der Waals surface area contributed by atoms with Crippen molar-refractivity contribution in [1.29, 1.82) is 0 Å². The molecule has 1 aliphatic carbocycles. The molecule has 0 aromatic heterocycles. The number of aliphatic carboxylic acids is 1. The molecule has 1 saturated carbocycles. The first-order valence-corrected chi connectivity index (χ1v) is 7.03. The average molecular weight is 296 g/mol. The molecule has 2 unspecified atom stereocenters. The molecule has 1 rings (SSSR count). The highest BCUT2D eigenvalue weighted by molar-refractivity contribution is 5.79. The lowest BCUT2D eigenvalue weighted by Crippen LogP contribution is -2.59. The quantitative estimate of drug-likeness (QED) is 0.789. The first kappa shape index (κ1) is 17.2. The van der Waals surface area contributed by atoms with E-state index in [9.17, 15) is 23.1 Å². The molecule has 2 N–H and O–H groups in total. The summed E-state index contributed by atoms with van der Waals surface area (Å²) in [5.74, 6) is -0.966. The molecule has 0 radical (unpaired) electrons. The second kappa shape index (κ2) is 6.76. The summed E-state index contributed by atoms with van der Waals surface area (Å²) in [6.45, 7) is 3.27. The topological polar surface area (TPSA) is 52.6 Å². The summed E-state index contributed by atoms with van der Waals surface area (Å²) >= 11 is 0. The lowest BCUT2D eigenvalue weighted by atomic mass is 9.78. The van der Waals surface area contributed by atoms with E-state index in [1.54, 1.807) is 6.92 Å². The molecule has 0 saturated heterocycles. The predicted molar refractivity (Wildman–Crippen MR) is 69.6 cm³/mol. The van der Waals surface area contributed by atoms with Crippen LogP contribution in [0.3, 0.4) is 0 Å². The minimum Gasteiger partial charge on any atom is -0.480 e. The maximum atomic E-state index is 12.6. The van der Waals surface area contributed by atoms with E-state index in [1.807, 2.05) is 6.92 Å². The van der Waals surface area contributed by atoms with E-state index in [2.05, 4.69) is 5.32 Å². The van der Waals surface area contributed by atoms with E-state index < -0.39 is 24.2 Å². The summed E-state index contributed by atoms with van der Waals surface area (Å²) < 4.78 is 37.7. The maximum Gasteiger partial charge on any atom is 0.401 e. The van der Waals surface area contributed by atoms with Gasteiger partial charge in [-0.2, -0.15) is 13.2 Å². The molecule has 20 heavy (non-hydrogen) atoms. The van der Waals surface area contributed by atoms with Crippen molar-refractivity contribution in [3.8, 4) is 0 Å². The van der Waals surface area contributed by atoms with Crippen molar-refractivity contribution in [3.05, 3.63) is 0 Å². The van der Waals surface area contributed by atoms with Gasteiger partial charge in [0.15, 0.2) is 0 Å². The van der Waals surface area contributed by atoms with E-state index >= 15 is 0 Å². The van der Waals surface area contributed by atoms with Crippen LogP contribution in [-0.4, -0.2) is 53.4 Å². The zero-order valence-corrected chi connectivity index (χ0v) is 12.0. The molecule has 0 heterocycles. The predicted octanol–water partition coefficient (Wildman–Crippen LogP) is 2.25. The van der Waals surface area contributed by atoms with Crippen molar-refractivity contribution in [2.45, 2.75) is 57.3 Å². The molecular weight excluding hydrogens is 273 g/mol. The molecule has 0 aromatic rings. The van der Waals surface area contributed by atoms with Gasteiger partial charge in [-0.3, -0.25) is 9.69 Å². The van der Waals surface area contributed by atoms with Crippen molar-refractivity contribution < 1.29 is 23.1 Å². The summed E-state index contributed by atoms with van der Waals surface area (Å²) in [6, 6.07) is -0.342. The van der Waals surface area contributed by atoms with Gasteiger partial charge in [0.25, 0.3) is 0 Å². The van der Waals surface area contributed by atoms with Gasteiger partial charge in [-0.05, 0) is 38.8 Å². The van der Waals surface area contributed by atoms with Crippen molar-refractivity contribution in [2.24, 2.45) is 0 Å². The molecule has 118 valence electrons. The Bertz CT molecular complexity index is 332. The van der Waals surface area contributed by atoms with Gasteiger partial charge in [-0.1, -0.05) is 13.8 Å². The number of hydrogen-bond donors (Lipinski definition) is 2. The van der Waals surface area contributed by atoms with Gasteiger partial charge in [0.1, 0.15) is 5.54 Å². The van der Waals surface area contributed by atoms with Gasteiger partial charge < -0.3 is 10.4 Å². The number of alkyl halides is 3. The fraction of sp³-hybridized carbons (Fsp3) is 0.923. The summed E-state index contributed by atoms with van der Waals surface area (Å²) in [4.78, 5) is 12.8. The number of halogens is 3. The minimum absolute atomic E-state index is 0.222. The molecule has 0 aromatic carbocycles. The smallest absolute Gasteiger partial charge is 0.401 e. The third kappa shape index (κ3) is 4.34. The Labute approximate surface area is 117 Å². The fourth-order valence-electron chi connectivity index (χ4n) is 3.06. The van der Waals surface area contributed by atoms with Crippen LogP contribution in [0.1, 0.15) is 39.5 Å². The highest BCUT2D eigenvalue weighted by atomic mass is 19.4. The van der Waals surface area contributed by atoms with Gasteiger partial charge in [0.2, 0.25) is 0 Å². The van der Waals surface area contributed by atoms with Crippen molar-refractivity contribution >= 4 is 5.97 Å². The third-order valence-corrected chi connectivity index (χ3v) is 3.95. The van der Waals surface area contributed by atoms with Crippen LogP contribution >= 0.6 is 0 Å². The van der Waals surface area contributed by atoms with Crippen LogP contribution in [0, 0.1) is 0 Å². The molecule has 0 aliphatic heterocycles. The van der Waals surface area contributed by atoms with Crippen LogP contribution in [0.2, 0.25) is 0 Å². The van der Waals surface area contributed by atoms with Crippen LogP contribution in [0.15, 0.2) is 0 Å². The van der Waals surface area contributed by atoms with E-state index in [0.29, 0.717) is 25.8 Å². The Balaban J connectivity index is 2.82. The largest absolute Gasteiger partial charge is 0.480 e. The van der Waals surface area contributed by atoms with Crippen LogP contribution in [0.25, 0.3) is 0 Å². The van der Waals surface area contributed by atoms with Crippen molar-refractivity contribution in [2.75, 3.05) is 19.6 Å². The van der Waals surface area contributed by atoms with Gasteiger partial charge >= 0.3 is 12.1 Å². The fourth-order valence-corrected chi connectivity index (χ4v) is 3.06. The molecule has 1 aliphatic rings. The summed E-state index contributed by atoms with van der Waals surface area (Å²) in [6.07, 6.45) is -2.32. The lowest BCUT2D eigenvalue weighted by molar-refractivity contribution is -0.156. The lowest BCUT2D eigenvalue weighted by Gasteiger charge is -2.42. The van der Waals surface area contributed by atoms with Gasteiger partial charge in [-0.15, -0.1) is 0 Å². The van der Waals surface area contributed by atoms with Gasteiger partial charge in [-0.25, -0.2) is 0 Å². The van der Waals surface area contributed by atoms with E-state index in [4.69, 9.17) is 0 Å². The average Bonchev–Trinajstić information content (AvgIpc) is 2.35. The number of carboxylic acids is 1. The Kier molecular flexibility index (Phi) is 5.82. The molecular formula is C13H23F3N2O2. The molecule has 1 fully saturated rings. The number of nitrogens with zero attached hydrogens (tertiary/aromatic N) is 1. The molecule has 7 heteroatoms. The first-order valence-electron chi connectivity index (χ1n) is 7.03. The second-order valence-electron chi connectivity index (χ2n) is 5.35. The van der Waals surface area contributed by atoms with Crippen LogP contribution in [0.5, 0.6) is 0 Å². The van der Waals surface area contributed by atoms with E-state index in [0.717, 1.165) is 0 Å². The Morgan fingerprint density at radius 3 is 2.55 bits per heavy atom. The second-order valence-corrected chi connectivity index (χ2v) is 5.35. The minimum atomic E-state index is -4.25. The molecule has 0 amide bonds. The number of rotatable bonds is 6. The Morgan fingerprint density at radius 2 is 2.10 bits per heavy atom. The summed E-state index contributed by atoms with van der Waals surface area (Å²) in [5.41, 5.74) is -1.09. The van der Waals surface area contributed by atoms with Crippen molar-refractivity contribution in [3.63, 3.8) is 0 Å². The van der Waals surface area contributed by atoms with Crippen molar-refractivity contribution in [1.82, 2.24) is 10.2 Å². The van der Waals surface area contributed by atoms with Crippen LogP contribution < -0.4 is 5.32 Å². The number of likely N-dealkylation sites (N-methyl/N-ethyl adjacent to an activating group) is 1. The zero-order chi connectivity index (χ0) is 15.4. The number of hydrogen-bond acceptors (Lipinski definition) is 3. The molecule has 0 spiro atoms. The molecule has 2 atom stereocenters. The van der Waals surface area contributed by atoms with E-state index in [-0.39, 0.29) is 19.0 Å². The number of carbonyl (C=O) groups is 1. The van der Waals surface area contributed by atoms with Gasteiger partial charge in [0, 0.05) is 6.04 Å². The standard InChI is InChI=1S/C13H23F3N2O2/c1-3-17-12(11(19)20)7-5-6-10(8-12)18(4-2)9-13(14,15)16/h10,17H,3-9H2,1-2H3,(H,19,20). The summed E-state index contributed by atoms with van der Waals surface area (Å²) in [7, 11) is 0. The normalized spacial score (nSPS) is 27.8. The zero-order valence-electron chi connectivity index (χ0n) is 12.0. The third-order valence-electron chi connectivity index (χ3n) is 3.95. The summed E-state index contributed by atoms with van der Waals surface area (Å²) in [5, 5.41) is 12.4. The SMILES string of the molecule is CCNC1(C(=O)O)CCCC(N(CC)CC(F)(F)F)C1. The molecule has 0 bridgehead atoms. The van der Waals surface area contributed by atoms with Crippen LogP contribution in [0.4, 0.5) is 13.2 Å². The highest BCUT2D eigenvalue weighted by Crippen LogP contribution is 2.33. The monoisotopic (exact) mass is 296 g/mol. The Morgan fingerprint density at radius 1 is 1.45 bits per heavy atom.